The summed E-state index contributed by atoms with van der Waals surface area (Å²) in [5.41, 5.74) is -2.37. The van der Waals surface area contributed by atoms with Crippen LogP contribution in [0.25, 0.3) is 0 Å². The molecule has 3 aliphatic heterocycles. The molecular formula is C18H14F3NO5. The molecule has 2 bridgehead atoms. The fourth-order valence-corrected chi connectivity index (χ4v) is 3.96. The van der Waals surface area contributed by atoms with Gasteiger partial charge in [-0.2, -0.15) is 13.2 Å². The standard InChI is InChI=1S/C18H14F3NO5/c1-9(23)26-8-17-6-5-12(27-17)13-14(17)16(25)22(15(13)24)11-4-2-3-10(7-11)18(19,20)21/h2-7,12-14H,8H2,1H3/t12-,13-,14+,17?/m0/s1. The van der Waals surface area contributed by atoms with Crippen molar-refractivity contribution in [3.05, 3.63) is 42.0 Å². The molecule has 0 radical (unpaired) electrons. The summed E-state index contributed by atoms with van der Waals surface area (Å²) >= 11 is 0. The lowest BCUT2D eigenvalue weighted by Crippen LogP contribution is -2.44. The van der Waals surface area contributed by atoms with Gasteiger partial charge in [-0.25, -0.2) is 4.90 Å². The molecule has 27 heavy (non-hydrogen) atoms. The highest BCUT2D eigenvalue weighted by atomic mass is 19.4. The third-order valence-corrected chi connectivity index (χ3v) is 5.09. The second kappa shape index (κ2) is 5.66. The summed E-state index contributed by atoms with van der Waals surface area (Å²) in [7, 11) is 0. The number of nitrogens with zero attached hydrogens (tertiary/aromatic N) is 1. The van der Waals surface area contributed by atoms with Crippen molar-refractivity contribution in [2.75, 3.05) is 11.5 Å². The Morgan fingerprint density at radius 2 is 2.04 bits per heavy atom. The van der Waals surface area contributed by atoms with E-state index in [0.29, 0.717) is 0 Å². The number of fused-ring (bicyclic) bond motifs is 5. The first-order valence-electron chi connectivity index (χ1n) is 8.20. The van der Waals surface area contributed by atoms with Gasteiger partial charge in [-0.15, -0.1) is 0 Å². The van der Waals surface area contributed by atoms with Crippen LogP contribution in [0, 0.1) is 11.8 Å². The minimum Gasteiger partial charge on any atom is -0.462 e. The normalized spacial score (nSPS) is 31.6. The minimum absolute atomic E-state index is 0.142. The average Bonchev–Trinajstić information content (AvgIpc) is 3.23. The highest BCUT2D eigenvalue weighted by Crippen LogP contribution is 2.52. The maximum absolute atomic E-state index is 13.0. The van der Waals surface area contributed by atoms with E-state index in [-0.39, 0.29) is 12.3 Å². The Labute approximate surface area is 151 Å². The van der Waals surface area contributed by atoms with Crippen LogP contribution in [-0.4, -0.2) is 36.1 Å². The number of hydrogen-bond donors (Lipinski definition) is 0. The first-order chi connectivity index (χ1) is 12.6. The number of anilines is 1. The van der Waals surface area contributed by atoms with Crippen molar-refractivity contribution in [1.29, 1.82) is 0 Å². The van der Waals surface area contributed by atoms with Gasteiger partial charge in [-0.3, -0.25) is 14.4 Å². The van der Waals surface area contributed by atoms with Crippen LogP contribution in [0.2, 0.25) is 0 Å². The predicted octanol–water partition coefficient (Wildman–Crippen LogP) is 2.08. The summed E-state index contributed by atoms with van der Waals surface area (Å²) in [6, 6.07) is 4.06. The van der Waals surface area contributed by atoms with E-state index in [4.69, 9.17) is 9.47 Å². The van der Waals surface area contributed by atoms with Crippen molar-refractivity contribution in [2.45, 2.75) is 24.8 Å². The third-order valence-electron chi connectivity index (χ3n) is 5.09. The highest BCUT2D eigenvalue weighted by Gasteiger charge is 2.68. The molecule has 142 valence electrons. The smallest absolute Gasteiger partial charge is 0.416 e. The van der Waals surface area contributed by atoms with E-state index in [0.717, 1.165) is 23.1 Å². The zero-order chi connectivity index (χ0) is 19.6. The number of hydrogen-bond acceptors (Lipinski definition) is 5. The van der Waals surface area contributed by atoms with Crippen molar-refractivity contribution in [1.82, 2.24) is 0 Å². The summed E-state index contributed by atoms with van der Waals surface area (Å²) in [6.07, 6.45) is -2.08. The van der Waals surface area contributed by atoms with Gasteiger partial charge in [-0.1, -0.05) is 12.1 Å². The van der Waals surface area contributed by atoms with Crippen LogP contribution in [0.1, 0.15) is 12.5 Å². The van der Waals surface area contributed by atoms with Crippen LogP contribution >= 0.6 is 0 Å². The van der Waals surface area contributed by atoms with Gasteiger partial charge in [0, 0.05) is 6.92 Å². The molecule has 1 aromatic carbocycles. The number of ether oxygens (including phenoxy) is 2. The lowest BCUT2D eigenvalue weighted by molar-refractivity contribution is -0.150. The van der Waals surface area contributed by atoms with Crippen LogP contribution in [0.3, 0.4) is 0 Å². The Kier molecular flexibility index (Phi) is 3.71. The second-order valence-corrected chi connectivity index (χ2v) is 6.74. The van der Waals surface area contributed by atoms with Crippen LogP contribution in [-0.2, 0) is 30.0 Å². The number of alkyl halides is 3. The van der Waals surface area contributed by atoms with Crippen molar-refractivity contribution in [3.8, 4) is 0 Å². The zero-order valence-corrected chi connectivity index (χ0v) is 14.0. The van der Waals surface area contributed by atoms with Gasteiger partial charge in [0.2, 0.25) is 11.8 Å². The summed E-state index contributed by atoms with van der Waals surface area (Å²) in [5.74, 6) is -3.66. The van der Waals surface area contributed by atoms with Crippen LogP contribution < -0.4 is 4.90 Å². The number of halogens is 3. The lowest BCUT2D eigenvalue weighted by Gasteiger charge is -2.28. The van der Waals surface area contributed by atoms with Gasteiger partial charge in [0.1, 0.15) is 12.2 Å². The lowest BCUT2D eigenvalue weighted by atomic mass is 9.77. The maximum atomic E-state index is 13.0. The minimum atomic E-state index is -4.60. The monoisotopic (exact) mass is 381 g/mol. The van der Waals surface area contributed by atoms with Gasteiger partial charge < -0.3 is 9.47 Å². The molecule has 1 aromatic rings. The van der Waals surface area contributed by atoms with Gasteiger partial charge in [0.15, 0.2) is 0 Å². The van der Waals surface area contributed by atoms with E-state index in [1.807, 2.05) is 0 Å². The topological polar surface area (TPSA) is 72.9 Å². The first-order valence-corrected chi connectivity index (χ1v) is 8.20. The van der Waals surface area contributed by atoms with E-state index in [1.54, 1.807) is 12.2 Å². The number of imide groups is 1. The van der Waals surface area contributed by atoms with Gasteiger partial charge in [0.25, 0.3) is 0 Å². The SMILES string of the molecule is CC(=O)OCC12C=C[C@H](O1)[C@@H]1C(=O)N(c3cccc(C(F)(F)F)c3)C(=O)[C@@H]12. The van der Waals surface area contributed by atoms with E-state index < -0.39 is 53.1 Å². The number of amides is 2. The molecule has 0 spiro atoms. The number of rotatable bonds is 3. The fraction of sp³-hybridized carbons (Fsp3) is 0.389. The zero-order valence-electron chi connectivity index (χ0n) is 14.0. The number of carbonyl (C=O) groups is 3. The van der Waals surface area contributed by atoms with Crippen molar-refractivity contribution in [2.24, 2.45) is 11.8 Å². The second-order valence-electron chi connectivity index (χ2n) is 6.74. The number of benzene rings is 1. The van der Waals surface area contributed by atoms with Crippen LogP contribution in [0.15, 0.2) is 36.4 Å². The van der Waals surface area contributed by atoms with Crippen molar-refractivity contribution >= 4 is 23.5 Å². The van der Waals surface area contributed by atoms with E-state index in [9.17, 15) is 27.6 Å². The van der Waals surface area contributed by atoms with Gasteiger partial charge in [-0.05, 0) is 24.3 Å². The molecule has 4 atom stereocenters. The molecule has 4 rings (SSSR count). The molecule has 9 heteroatoms. The van der Waals surface area contributed by atoms with E-state index in [2.05, 4.69) is 0 Å². The molecule has 0 aromatic heterocycles. The number of carbonyl (C=O) groups excluding carboxylic acids is 3. The predicted molar refractivity (Wildman–Crippen MR) is 84.3 cm³/mol. The van der Waals surface area contributed by atoms with Gasteiger partial charge >= 0.3 is 12.1 Å². The molecule has 2 fully saturated rings. The summed E-state index contributed by atoms with van der Waals surface area (Å²) in [5, 5.41) is 0. The Balaban J connectivity index is 1.69. The highest BCUT2D eigenvalue weighted by molar-refractivity contribution is 6.23. The molecule has 2 amide bonds. The van der Waals surface area contributed by atoms with Gasteiger partial charge in [0.05, 0.1) is 29.2 Å². The fourth-order valence-electron chi connectivity index (χ4n) is 3.96. The average molecular weight is 381 g/mol. The number of esters is 1. The largest absolute Gasteiger partial charge is 0.462 e. The van der Waals surface area contributed by atoms with Crippen LogP contribution in [0.4, 0.5) is 18.9 Å². The molecular weight excluding hydrogens is 367 g/mol. The summed E-state index contributed by atoms with van der Waals surface area (Å²) in [6.45, 7) is 0.960. The summed E-state index contributed by atoms with van der Waals surface area (Å²) in [4.78, 5) is 37.7. The molecule has 3 heterocycles. The summed E-state index contributed by atoms with van der Waals surface area (Å²) < 4.78 is 49.7. The maximum Gasteiger partial charge on any atom is 0.416 e. The Morgan fingerprint density at radius 1 is 1.30 bits per heavy atom. The third kappa shape index (κ3) is 2.56. The Hall–Kier alpha value is -2.68. The first kappa shape index (κ1) is 17.7. The quantitative estimate of drug-likeness (QED) is 0.455. The molecule has 2 saturated heterocycles. The Morgan fingerprint density at radius 3 is 2.70 bits per heavy atom. The Bertz CT molecular complexity index is 880. The molecule has 0 saturated carbocycles. The molecule has 0 N–H and O–H groups in total. The molecule has 6 nitrogen and oxygen atoms in total. The van der Waals surface area contributed by atoms with Crippen molar-refractivity contribution in [3.63, 3.8) is 0 Å². The van der Waals surface area contributed by atoms with E-state index in [1.165, 1.54) is 13.0 Å². The molecule has 1 unspecified atom stereocenters. The molecule has 3 aliphatic rings. The van der Waals surface area contributed by atoms with Crippen molar-refractivity contribution < 1.29 is 37.0 Å². The van der Waals surface area contributed by atoms with Crippen LogP contribution in [0.5, 0.6) is 0 Å². The van der Waals surface area contributed by atoms with E-state index >= 15 is 0 Å². The molecule has 0 aliphatic carbocycles.